The molecule has 1 aliphatic heterocycles. The van der Waals surface area contributed by atoms with E-state index in [0.717, 1.165) is 32.4 Å². The Morgan fingerprint density at radius 1 is 1.28 bits per heavy atom. The first-order valence-electron chi connectivity index (χ1n) is 7.42. The van der Waals surface area contributed by atoms with Gasteiger partial charge >= 0.3 is 0 Å². The van der Waals surface area contributed by atoms with Crippen LogP contribution in [0.3, 0.4) is 0 Å². The molecule has 1 aliphatic carbocycles. The van der Waals surface area contributed by atoms with E-state index in [2.05, 4.69) is 5.32 Å². The lowest BCUT2D eigenvalue weighted by Crippen LogP contribution is -2.40. The normalized spacial score (nSPS) is 24.6. The van der Waals surface area contributed by atoms with Crippen molar-refractivity contribution in [2.45, 2.75) is 51.0 Å². The number of rotatable bonds is 6. The standard InChI is InChI=1S/C14H26N2O2/c17-10-9-16(13-3-1-2-4-13)14(18)6-5-12-7-8-15-11-12/h12-13,15,17H,1-11H2. The summed E-state index contributed by atoms with van der Waals surface area (Å²) in [5.74, 6) is 0.927. The summed E-state index contributed by atoms with van der Waals surface area (Å²) < 4.78 is 0. The molecule has 1 saturated heterocycles. The molecule has 1 amide bonds. The summed E-state index contributed by atoms with van der Waals surface area (Å²) in [6.07, 6.45) is 7.56. The van der Waals surface area contributed by atoms with E-state index in [1.165, 1.54) is 19.3 Å². The maximum absolute atomic E-state index is 12.3. The van der Waals surface area contributed by atoms with Gasteiger partial charge < -0.3 is 15.3 Å². The lowest BCUT2D eigenvalue weighted by molar-refractivity contribution is -0.134. The second-order valence-corrected chi connectivity index (χ2v) is 5.65. The Bertz CT molecular complexity index is 259. The Labute approximate surface area is 110 Å². The molecule has 0 spiro atoms. The first-order chi connectivity index (χ1) is 8.81. The Morgan fingerprint density at radius 2 is 2.06 bits per heavy atom. The molecule has 0 aromatic carbocycles. The molecule has 4 nitrogen and oxygen atoms in total. The minimum Gasteiger partial charge on any atom is -0.395 e. The summed E-state index contributed by atoms with van der Waals surface area (Å²) in [5, 5.41) is 12.5. The third-order valence-electron chi connectivity index (χ3n) is 4.36. The highest BCUT2D eigenvalue weighted by Crippen LogP contribution is 2.24. The number of nitrogens with zero attached hydrogens (tertiary/aromatic N) is 1. The summed E-state index contributed by atoms with van der Waals surface area (Å²) in [6.45, 7) is 2.78. The number of nitrogens with one attached hydrogen (secondary N) is 1. The zero-order valence-electron chi connectivity index (χ0n) is 11.2. The molecule has 104 valence electrons. The minimum atomic E-state index is 0.0905. The molecule has 2 rings (SSSR count). The van der Waals surface area contributed by atoms with Gasteiger partial charge in [0.05, 0.1) is 6.61 Å². The van der Waals surface area contributed by atoms with E-state index in [4.69, 9.17) is 5.11 Å². The molecule has 0 radical (unpaired) electrons. The average molecular weight is 254 g/mol. The van der Waals surface area contributed by atoms with Crippen LogP contribution in [0, 0.1) is 5.92 Å². The van der Waals surface area contributed by atoms with E-state index in [1.807, 2.05) is 4.90 Å². The van der Waals surface area contributed by atoms with Gasteiger partial charge in [-0.3, -0.25) is 4.79 Å². The SMILES string of the molecule is O=C(CCC1CCNC1)N(CCO)C1CCCC1. The average Bonchev–Trinajstić information content (AvgIpc) is 3.05. The maximum atomic E-state index is 12.3. The zero-order valence-corrected chi connectivity index (χ0v) is 11.2. The molecule has 2 aliphatic rings. The van der Waals surface area contributed by atoms with Crippen LogP contribution in [0.4, 0.5) is 0 Å². The van der Waals surface area contributed by atoms with Crippen molar-refractivity contribution in [2.24, 2.45) is 5.92 Å². The van der Waals surface area contributed by atoms with Crippen molar-refractivity contribution in [3.8, 4) is 0 Å². The molecule has 18 heavy (non-hydrogen) atoms. The molecule has 2 fully saturated rings. The maximum Gasteiger partial charge on any atom is 0.222 e. The molecule has 1 heterocycles. The van der Waals surface area contributed by atoms with Crippen molar-refractivity contribution in [1.29, 1.82) is 0 Å². The number of carbonyl (C=O) groups excluding carboxylic acids is 1. The highest BCUT2D eigenvalue weighted by Gasteiger charge is 2.26. The van der Waals surface area contributed by atoms with Gasteiger partial charge in [0, 0.05) is 19.0 Å². The topological polar surface area (TPSA) is 52.6 Å². The van der Waals surface area contributed by atoms with Gasteiger partial charge in [-0.15, -0.1) is 0 Å². The van der Waals surface area contributed by atoms with Gasteiger partial charge in [0.2, 0.25) is 5.91 Å². The number of aliphatic hydroxyl groups is 1. The molecule has 0 aromatic heterocycles. The molecule has 1 saturated carbocycles. The van der Waals surface area contributed by atoms with Crippen molar-refractivity contribution in [3.63, 3.8) is 0 Å². The summed E-state index contributed by atoms with van der Waals surface area (Å²) in [5.41, 5.74) is 0. The van der Waals surface area contributed by atoms with Gasteiger partial charge in [-0.25, -0.2) is 0 Å². The summed E-state index contributed by atoms with van der Waals surface area (Å²) in [7, 11) is 0. The smallest absolute Gasteiger partial charge is 0.222 e. The van der Waals surface area contributed by atoms with Crippen LogP contribution >= 0.6 is 0 Å². The van der Waals surface area contributed by atoms with E-state index in [0.29, 0.717) is 24.9 Å². The number of carbonyl (C=O) groups is 1. The Kier molecular flexibility index (Phi) is 5.45. The van der Waals surface area contributed by atoms with Crippen molar-refractivity contribution in [3.05, 3.63) is 0 Å². The first kappa shape index (κ1) is 13.8. The van der Waals surface area contributed by atoms with Gasteiger partial charge in [-0.2, -0.15) is 0 Å². The largest absolute Gasteiger partial charge is 0.395 e. The Morgan fingerprint density at radius 3 is 2.67 bits per heavy atom. The molecule has 4 heteroatoms. The number of amides is 1. The van der Waals surface area contributed by atoms with Gasteiger partial charge in [0.15, 0.2) is 0 Å². The minimum absolute atomic E-state index is 0.0905. The van der Waals surface area contributed by atoms with E-state index in [1.54, 1.807) is 0 Å². The molecule has 2 N–H and O–H groups in total. The van der Waals surface area contributed by atoms with Crippen molar-refractivity contribution < 1.29 is 9.90 Å². The van der Waals surface area contributed by atoms with Gasteiger partial charge in [0.25, 0.3) is 0 Å². The van der Waals surface area contributed by atoms with Crippen LogP contribution in [0.5, 0.6) is 0 Å². The number of hydrogen-bond acceptors (Lipinski definition) is 3. The first-order valence-corrected chi connectivity index (χ1v) is 7.42. The van der Waals surface area contributed by atoms with Crippen LogP contribution in [0.25, 0.3) is 0 Å². The number of hydrogen-bond donors (Lipinski definition) is 2. The van der Waals surface area contributed by atoms with Crippen LogP contribution in [0.1, 0.15) is 44.9 Å². The number of aliphatic hydroxyl groups excluding tert-OH is 1. The Hall–Kier alpha value is -0.610. The summed E-state index contributed by atoms with van der Waals surface area (Å²) in [6, 6.07) is 0.395. The highest BCUT2D eigenvalue weighted by atomic mass is 16.3. The molecule has 1 atom stereocenters. The zero-order chi connectivity index (χ0) is 12.8. The quantitative estimate of drug-likeness (QED) is 0.747. The van der Waals surface area contributed by atoms with Crippen LogP contribution in [0.2, 0.25) is 0 Å². The third-order valence-corrected chi connectivity index (χ3v) is 4.36. The molecule has 0 bridgehead atoms. The fourth-order valence-electron chi connectivity index (χ4n) is 3.27. The summed E-state index contributed by atoms with van der Waals surface area (Å²) >= 11 is 0. The van der Waals surface area contributed by atoms with Crippen LogP contribution < -0.4 is 5.32 Å². The van der Waals surface area contributed by atoms with E-state index in [-0.39, 0.29) is 12.5 Å². The second kappa shape index (κ2) is 7.10. The van der Waals surface area contributed by atoms with E-state index >= 15 is 0 Å². The van der Waals surface area contributed by atoms with Gasteiger partial charge in [-0.1, -0.05) is 12.8 Å². The van der Waals surface area contributed by atoms with E-state index < -0.39 is 0 Å². The molecular formula is C14H26N2O2. The molecule has 1 unspecified atom stereocenters. The predicted molar refractivity (Wildman–Crippen MR) is 71.3 cm³/mol. The fourth-order valence-corrected chi connectivity index (χ4v) is 3.27. The molecule has 0 aromatic rings. The third kappa shape index (κ3) is 3.69. The van der Waals surface area contributed by atoms with Crippen molar-refractivity contribution in [1.82, 2.24) is 10.2 Å². The van der Waals surface area contributed by atoms with Gasteiger partial charge in [0.1, 0.15) is 0 Å². The Balaban J connectivity index is 1.78. The van der Waals surface area contributed by atoms with Crippen molar-refractivity contribution in [2.75, 3.05) is 26.2 Å². The fraction of sp³-hybridized carbons (Fsp3) is 0.929. The highest BCUT2D eigenvalue weighted by molar-refractivity contribution is 5.76. The van der Waals surface area contributed by atoms with Gasteiger partial charge in [-0.05, 0) is 44.7 Å². The monoisotopic (exact) mass is 254 g/mol. The predicted octanol–water partition coefficient (Wildman–Crippen LogP) is 1.14. The van der Waals surface area contributed by atoms with Crippen molar-refractivity contribution >= 4 is 5.91 Å². The van der Waals surface area contributed by atoms with Crippen LogP contribution in [-0.2, 0) is 4.79 Å². The van der Waals surface area contributed by atoms with Crippen LogP contribution in [0.15, 0.2) is 0 Å². The summed E-state index contributed by atoms with van der Waals surface area (Å²) in [4.78, 5) is 14.2. The van der Waals surface area contributed by atoms with E-state index in [9.17, 15) is 4.79 Å². The second-order valence-electron chi connectivity index (χ2n) is 5.65. The lowest BCUT2D eigenvalue weighted by Gasteiger charge is -2.28. The molecular weight excluding hydrogens is 228 g/mol. The van der Waals surface area contributed by atoms with Crippen LogP contribution in [-0.4, -0.2) is 48.2 Å². The lowest BCUT2D eigenvalue weighted by atomic mass is 10.0.